The summed E-state index contributed by atoms with van der Waals surface area (Å²) in [5.74, 6) is 1.06. The van der Waals surface area contributed by atoms with Crippen molar-refractivity contribution in [2.24, 2.45) is 0 Å². The summed E-state index contributed by atoms with van der Waals surface area (Å²) in [4.78, 5) is 4.23. The fourth-order valence-electron chi connectivity index (χ4n) is 1.68. The smallest absolute Gasteiger partial charge is 0.229 e. The van der Waals surface area contributed by atoms with Crippen molar-refractivity contribution in [3.05, 3.63) is 47.6 Å². The lowest BCUT2D eigenvalue weighted by Crippen LogP contribution is -2.17. The molecule has 2 rings (SSSR count). The summed E-state index contributed by atoms with van der Waals surface area (Å²) in [6.45, 7) is 0.260. The van der Waals surface area contributed by atoms with E-state index in [9.17, 15) is 5.11 Å². The van der Waals surface area contributed by atoms with Gasteiger partial charge in [0.2, 0.25) is 5.89 Å². The number of hydrogen-bond donors (Lipinski definition) is 1. The molecule has 0 aliphatic rings. The highest BCUT2D eigenvalue weighted by Gasteiger charge is 2.12. The van der Waals surface area contributed by atoms with Gasteiger partial charge in [-0.2, -0.15) is 4.98 Å². The molecule has 0 saturated carbocycles. The molecule has 0 aliphatic heterocycles. The lowest BCUT2D eigenvalue weighted by atomic mass is 10.1. The van der Waals surface area contributed by atoms with Gasteiger partial charge in [-0.25, -0.2) is 0 Å². The van der Waals surface area contributed by atoms with Gasteiger partial charge in [-0.15, -0.1) is 0 Å². The van der Waals surface area contributed by atoms with Crippen LogP contribution in [0.15, 0.2) is 34.9 Å². The third-order valence-electron chi connectivity index (χ3n) is 2.48. The molecule has 0 bridgehead atoms. The summed E-state index contributed by atoms with van der Waals surface area (Å²) in [6, 6.07) is 9.93. The van der Waals surface area contributed by atoms with E-state index < -0.39 is 6.10 Å². The van der Waals surface area contributed by atoms with E-state index in [0.29, 0.717) is 24.6 Å². The fourth-order valence-corrected chi connectivity index (χ4v) is 1.68. The van der Waals surface area contributed by atoms with Gasteiger partial charge in [0, 0.05) is 13.5 Å². The highest BCUT2D eigenvalue weighted by molar-refractivity contribution is 5.18. The quantitative estimate of drug-likeness (QED) is 0.832. The summed E-state index contributed by atoms with van der Waals surface area (Å²) in [5.41, 5.74) is 1.13. The predicted octanol–water partition coefficient (Wildman–Crippen LogP) is 1.21. The van der Waals surface area contributed by atoms with Crippen molar-refractivity contribution in [1.82, 2.24) is 10.1 Å². The van der Waals surface area contributed by atoms with Crippen molar-refractivity contribution in [1.29, 1.82) is 0 Å². The topological polar surface area (TPSA) is 68.4 Å². The highest BCUT2D eigenvalue weighted by atomic mass is 16.5. The average Bonchev–Trinajstić information content (AvgIpc) is 2.78. The largest absolute Gasteiger partial charge is 0.390 e. The molecule has 1 aromatic heterocycles. The van der Waals surface area contributed by atoms with Crippen LogP contribution in [0.1, 0.15) is 17.3 Å². The molecule has 5 nitrogen and oxygen atoms in total. The molecule has 1 N–H and O–H groups in total. The lowest BCUT2D eigenvalue weighted by molar-refractivity contribution is 0.0599. The third kappa shape index (κ3) is 3.65. The number of ether oxygens (including phenoxy) is 1. The molecule has 2 aromatic rings. The Morgan fingerprint density at radius 3 is 2.83 bits per heavy atom. The first-order valence-corrected chi connectivity index (χ1v) is 5.80. The second-order valence-corrected chi connectivity index (χ2v) is 4.08. The van der Waals surface area contributed by atoms with E-state index in [1.54, 1.807) is 0 Å². The normalized spacial score (nSPS) is 12.6. The van der Waals surface area contributed by atoms with Gasteiger partial charge in [0.1, 0.15) is 0 Å². The van der Waals surface area contributed by atoms with Crippen LogP contribution in [-0.4, -0.2) is 35.1 Å². The average molecular weight is 248 g/mol. The fraction of sp³-hybridized carbons (Fsp3) is 0.385. The molecule has 0 radical (unpaired) electrons. The number of benzene rings is 1. The van der Waals surface area contributed by atoms with E-state index in [1.165, 1.54) is 7.11 Å². The summed E-state index contributed by atoms with van der Waals surface area (Å²) >= 11 is 0. The maximum atomic E-state index is 9.55. The number of aliphatic hydroxyl groups excluding tert-OH is 1. The van der Waals surface area contributed by atoms with Gasteiger partial charge >= 0.3 is 0 Å². The monoisotopic (exact) mass is 248 g/mol. The maximum absolute atomic E-state index is 9.55. The van der Waals surface area contributed by atoms with E-state index in [4.69, 9.17) is 9.26 Å². The Balaban J connectivity index is 1.94. The molecule has 1 heterocycles. The second-order valence-electron chi connectivity index (χ2n) is 4.08. The van der Waals surface area contributed by atoms with E-state index in [1.807, 2.05) is 30.3 Å². The van der Waals surface area contributed by atoms with Crippen molar-refractivity contribution in [3.63, 3.8) is 0 Å². The molecular weight excluding hydrogens is 232 g/mol. The molecule has 0 aliphatic carbocycles. The Morgan fingerprint density at radius 2 is 2.11 bits per heavy atom. The Kier molecular flexibility index (Phi) is 4.44. The van der Waals surface area contributed by atoms with Gasteiger partial charge in [-0.05, 0) is 5.56 Å². The van der Waals surface area contributed by atoms with E-state index in [0.717, 1.165) is 5.56 Å². The van der Waals surface area contributed by atoms with Crippen LogP contribution in [0.25, 0.3) is 0 Å². The van der Waals surface area contributed by atoms with Gasteiger partial charge in [0.25, 0.3) is 0 Å². The Labute approximate surface area is 105 Å². The van der Waals surface area contributed by atoms with Crippen LogP contribution in [-0.2, 0) is 17.6 Å². The van der Waals surface area contributed by atoms with Crippen molar-refractivity contribution in [2.75, 3.05) is 13.7 Å². The standard InChI is InChI=1S/C13H16N2O3/c1-17-9-11(16)8-13-14-12(15-18-13)7-10-5-3-2-4-6-10/h2-6,11,16H,7-9H2,1H3. The molecule has 18 heavy (non-hydrogen) atoms. The van der Waals surface area contributed by atoms with Crippen molar-refractivity contribution >= 4 is 0 Å². The van der Waals surface area contributed by atoms with Gasteiger partial charge in [0.15, 0.2) is 5.82 Å². The minimum absolute atomic E-state index is 0.260. The predicted molar refractivity (Wildman–Crippen MR) is 65.1 cm³/mol. The number of methoxy groups -OCH3 is 1. The summed E-state index contributed by atoms with van der Waals surface area (Å²) in [6.07, 6.45) is 0.334. The Hall–Kier alpha value is -1.72. The van der Waals surface area contributed by atoms with E-state index in [2.05, 4.69) is 10.1 Å². The molecule has 0 saturated heterocycles. The SMILES string of the molecule is COCC(O)Cc1nc(Cc2ccccc2)no1. The van der Waals surface area contributed by atoms with Crippen LogP contribution < -0.4 is 0 Å². The number of aliphatic hydroxyl groups is 1. The number of hydrogen-bond acceptors (Lipinski definition) is 5. The summed E-state index contributed by atoms with van der Waals surface area (Å²) in [5, 5.41) is 13.4. The molecule has 5 heteroatoms. The van der Waals surface area contributed by atoms with Gasteiger partial charge in [-0.3, -0.25) is 0 Å². The molecule has 0 fully saturated rings. The van der Waals surface area contributed by atoms with Crippen LogP contribution in [0.5, 0.6) is 0 Å². The first kappa shape index (κ1) is 12.7. The van der Waals surface area contributed by atoms with Crippen molar-refractivity contribution in [2.45, 2.75) is 18.9 Å². The van der Waals surface area contributed by atoms with Crippen LogP contribution in [0.2, 0.25) is 0 Å². The molecule has 1 unspecified atom stereocenters. The molecule has 1 aromatic carbocycles. The molecule has 0 amide bonds. The zero-order valence-corrected chi connectivity index (χ0v) is 10.2. The number of nitrogens with zero attached hydrogens (tertiary/aromatic N) is 2. The van der Waals surface area contributed by atoms with E-state index >= 15 is 0 Å². The highest BCUT2D eigenvalue weighted by Crippen LogP contribution is 2.07. The van der Waals surface area contributed by atoms with Gasteiger partial charge in [-0.1, -0.05) is 35.5 Å². The Morgan fingerprint density at radius 1 is 1.33 bits per heavy atom. The molecule has 0 spiro atoms. The summed E-state index contributed by atoms with van der Waals surface area (Å²) < 4.78 is 9.92. The molecule has 96 valence electrons. The number of rotatable bonds is 6. The van der Waals surface area contributed by atoms with Crippen molar-refractivity contribution in [3.8, 4) is 0 Å². The van der Waals surface area contributed by atoms with Gasteiger partial charge in [0.05, 0.1) is 19.1 Å². The lowest BCUT2D eigenvalue weighted by Gasteiger charge is -2.04. The van der Waals surface area contributed by atoms with Crippen molar-refractivity contribution < 1.29 is 14.4 Å². The van der Waals surface area contributed by atoms with Crippen LogP contribution in [0, 0.1) is 0 Å². The zero-order valence-electron chi connectivity index (χ0n) is 10.2. The second kappa shape index (κ2) is 6.28. The molecular formula is C13H16N2O3. The first-order chi connectivity index (χ1) is 8.78. The molecule has 1 atom stereocenters. The maximum Gasteiger partial charge on any atom is 0.229 e. The van der Waals surface area contributed by atoms with Crippen LogP contribution >= 0.6 is 0 Å². The number of aromatic nitrogens is 2. The zero-order chi connectivity index (χ0) is 12.8. The minimum Gasteiger partial charge on any atom is -0.390 e. The van der Waals surface area contributed by atoms with E-state index in [-0.39, 0.29) is 6.61 Å². The first-order valence-electron chi connectivity index (χ1n) is 5.80. The minimum atomic E-state index is -0.611. The third-order valence-corrected chi connectivity index (χ3v) is 2.48. The van der Waals surface area contributed by atoms with Gasteiger partial charge < -0.3 is 14.4 Å². The Bertz CT molecular complexity index is 470. The van der Waals surface area contributed by atoms with Crippen LogP contribution in [0.4, 0.5) is 0 Å². The summed E-state index contributed by atoms with van der Waals surface area (Å²) in [7, 11) is 1.54. The van der Waals surface area contributed by atoms with Crippen LogP contribution in [0.3, 0.4) is 0 Å².